The molecule has 0 amide bonds. The van der Waals surface area contributed by atoms with Gasteiger partial charge in [0.1, 0.15) is 11.6 Å². The zero-order valence-corrected chi connectivity index (χ0v) is 12.5. The molecule has 21 heavy (non-hydrogen) atoms. The summed E-state index contributed by atoms with van der Waals surface area (Å²) in [5.41, 5.74) is 1.81. The van der Waals surface area contributed by atoms with Crippen LogP contribution in [0, 0.1) is 5.82 Å². The number of ether oxygens (including phenoxy) is 1. The average molecular weight is 371 g/mol. The molecule has 1 aromatic carbocycles. The van der Waals surface area contributed by atoms with Crippen molar-refractivity contribution in [1.82, 2.24) is 0 Å². The number of alkyl halides is 3. The zero-order chi connectivity index (χ0) is 16.2. The fraction of sp³-hybridized carbons (Fsp3) is 0.333. The number of carbonyl (C=O) groups excluding carboxylic acids is 1. The maximum atomic E-state index is 13.6. The first kappa shape index (κ1) is 17.4. The van der Waals surface area contributed by atoms with Crippen LogP contribution in [-0.4, -0.2) is 24.3 Å². The number of benzene rings is 1. The van der Waals surface area contributed by atoms with Crippen LogP contribution in [0.1, 0.15) is 13.8 Å². The Balaban J connectivity index is 2.89. The van der Waals surface area contributed by atoms with Crippen LogP contribution < -0.4 is 10.2 Å². The van der Waals surface area contributed by atoms with Gasteiger partial charge >= 0.3 is 6.18 Å². The quantitative estimate of drug-likeness (QED) is 0.485. The molecule has 0 spiro atoms. The Labute approximate surface area is 126 Å². The van der Waals surface area contributed by atoms with Crippen molar-refractivity contribution in [2.75, 3.05) is 5.43 Å². The number of hydrogen-bond acceptors (Lipinski definition) is 4. The van der Waals surface area contributed by atoms with E-state index in [1.807, 2.05) is 5.43 Å². The number of ketones is 1. The minimum Gasteiger partial charge on any atom is -0.490 e. The third-order valence-electron chi connectivity index (χ3n) is 2.03. The molecule has 0 atom stereocenters. The Kier molecular flexibility index (Phi) is 5.70. The van der Waals surface area contributed by atoms with E-state index < -0.39 is 17.8 Å². The molecule has 0 saturated carbocycles. The van der Waals surface area contributed by atoms with E-state index in [-0.39, 0.29) is 23.8 Å². The summed E-state index contributed by atoms with van der Waals surface area (Å²) in [5, 5.41) is 3.06. The van der Waals surface area contributed by atoms with Crippen LogP contribution >= 0.6 is 15.9 Å². The monoisotopic (exact) mass is 370 g/mol. The number of hydrazone groups is 1. The number of nitrogens with zero attached hydrogens (tertiary/aromatic N) is 1. The van der Waals surface area contributed by atoms with E-state index >= 15 is 0 Å². The lowest BCUT2D eigenvalue weighted by atomic mass is 10.3. The van der Waals surface area contributed by atoms with Gasteiger partial charge in [-0.2, -0.15) is 18.3 Å². The number of carbonyl (C=O) groups is 1. The van der Waals surface area contributed by atoms with Crippen molar-refractivity contribution >= 4 is 33.6 Å². The van der Waals surface area contributed by atoms with Gasteiger partial charge in [0, 0.05) is 6.07 Å². The molecule has 116 valence electrons. The van der Waals surface area contributed by atoms with Gasteiger partial charge in [0.2, 0.25) is 0 Å². The van der Waals surface area contributed by atoms with E-state index in [9.17, 15) is 22.4 Å². The van der Waals surface area contributed by atoms with Gasteiger partial charge in [-0.05, 0) is 35.8 Å². The number of rotatable bonds is 5. The first-order valence-corrected chi connectivity index (χ1v) is 6.46. The second kappa shape index (κ2) is 6.88. The number of anilines is 1. The molecule has 9 heteroatoms. The topological polar surface area (TPSA) is 50.7 Å². The van der Waals surface area contributed by atoms with Crippen molar-refractivity contribution in [3.63, 3.8) is 0 Å². The molecule has 0 aliphatic carbocycles. The minimum atomic E-state index is -5.02. The van der Waals surface area contributed by atoms with Crippen molar-refractivity contribution in [3.8, 4) is 5.75 Å². The summed E-state index contributed by atoms with van der Waals surface area (Å²) in [7, 11) is 0. The lowest BCUT2D eigenvalue weighted by molar-refractivity contribution is -0.162. The fourth-order valence-corrected chi connectivity index (χ4v) is 1.60. The highest BCUT2D eigenvalue weighted by Crippen LogP contribution is 2.31. The van der Waals surface area contributed by atoms with E-state index in [2.05, 4.69) is 21.0 Å². The van der Waals surface area contributed by atoms with Crippen molar-refractivity contribution < 1.29 is 27.1 Å². The Morgan fingerprint density at radius 2 is 2.05 bits per heavy atom. The minimum absolute atomic E-state index is 0.0322. The first-order chi connectivity index (χ1) is 9.61. The standard InChI is InChI=1S/C12H11BrF4N2O2/c1-6(2)21-10-4-9(8(14)3-7(10)13)19-18-5-11(20)12(15,16)17/h3-6,19H,1-2H3. The number of nitrogens with one attached hydrogen (secondary N) is 1. The van der Waals surface area contributed by atoms with E-state index in [0.717, 1.165) is 6.07 Å². The Morgan fingerprint density at radius 3 is 2.57 bits per heavy atom. The van der Waals surface area contributed by atoms with E-state index in [0.29, 0.717) is 4.47 Å². The second-order valence-electron chi connectivity index (χ2n) is 4.16. The summed E-state index contributed by atoms with van der Waals surface area (Å²) in [6.45, 7) is 3.51. The molecule has 1 aromatic rings. The molecule has 0 heterocycles. The molecule has 0 saturated heterocycles. The van der Waals surface area contributed by atoms with Gasteiger partial charge in [-0.3, -0.25) is 10.2 Å². The molecule has 4 nitrogen and oxygen atoms in total. The summed E-state index contributed by atoms with van der Waals surface area (Å²) in [4.78, 5) is 10.6. The van der Waals surface area contributed by atoms with E-state index in [1.165, 1.54) is 6.07 Å². The van der Waals surface area contributed by atoms with Gasteiger partial charge in [-0.1, -0.05) is 0 Å². The molecular formula is C12H11BrF4N2O2. The average Bonchev–Trinajstić information content (AvgIpc) is 2.32. The Morgan fingerprint density at radius 1 is 1.43 bits per heavy atom. The maximum absolute atomic E-state index is 13.6. The van der Waals surface area contributed by atoms with Crippen molar-refractivity contribution in [1.29, 1.82) is 0 Å². The summed E-state index contributed by atoms with van der Waals surface area (Å²) < 4.78 is 55.1. The van der Waals surface area contributed by atoms with Crippen LogP contribution in [-0.2, 0) is 4.79 Å². The summed E-state index contributed by atoms with van der Waals surface area (Å²) in [6, 6.07) is 2.29. The predicted octanol–water partition coefficient (Wildman–Crippen LogP) is 3.90. The highest BCUT2D eigenvalue weighted by molar-refractivity contribution is 9.10. The van der Waals surface area contributed by atoms with Gasteiger partial charge in [0.25, 0.3) is 5.78 Å². The Hall–Kier alpha value is -1.64. The molecule has 0 aliphatic rings. The van der Waals surface area contributed by atoms with Crippen LogP contribution in [0.5, 0.6) is 5.75 Å². The van der Waals surface area contributed by atoms with Gasteiger partial charge in [-0.25, -0.2) is 4.39 Å². The molecule has 0 fully saturated rings. The Bertz CT molecular complexity index is 559. The van der Waals surface area contributed by atoms with Gasteiger partial charge < -0.3 is 4.74 Å². The molecule has 1 rings (SSSR count). The third-order valence-corrected chi connectivity index (χ3v) is 2.65. The lowest BCUT2D eigenvalue weighted by Crippen LogP contribution is -2.24. The first-order valence-electron chi connectivity index (χ1n) is 5.67. The summed E-state index contributed by atoms with van der Waals surface area (Å²) >= 11 is 3.09. The molecule has 0 bridgehead atoms. The van der Waals surface area contributed by atoms with Crippen LogP contribution in [0.25, 0.3) is 0 Å². The lowest BCUT2D eigenvalue weighted by Gasteiger charge is -2.13. The number of hydrogen-bond donors (Lipinski definition) is 1. The number of Topliss-reactive ketones (excluding diaryl/α,β-unsaturated/α-hetero) is 1. The smallest absolute Gasteiger partial charge is 0.455 e. The third kappa shape index (κ3) is 5.33. The van der Waals surface area contributed by atoms with Crippen molar-refractivity contribution in [3.05, 3.63) is 22.4 Å². The molecule has 0 radical (unpaired) electrons. The molecular weight excluding hydrogens is 360 g/mol. The summed E-state index contributed by atoms with van der Waals surface area (Å²) in [5.74, 6) is -2.63. The van der Waals surface area contributed by atoms with Crippen molar-refractivity contribution in [2.24, 2.45) is 5.10 Å². The normalized spacial score (nSPS) is 12.0. The maximum Gasteiger partial charge on any atom is 0.455 e. The van der Waals surface area contributed by atoms with E-state index in [1.54, 1.807) is 13.8 Å². The van der Waals surface area contributed by atoms with Crippen LogP contribution in [0.3, 0.4) is 0 Å². The molecule has 0 aromatic heterocycles. The SMILES string of the molecule is CC(C)Oc1cc(NN=CC(=O)C(F)(F)F)c(F)cc1Br. The number of halogens is 5. The zero-order valence-electron chi connectivity index (χ0n) is 11.0. The molecule has 0 unspecified atom stereocenters. The van der Waals surface area contributed by atoms with Gasteiger partial charge in [0.15, 0.2) is 0 Å². The van der Waals surface area contributed by atoms with Crippen molar-refractivity contribution in [2.45, 2.75) is 26.1 Å². The molecule has 1 N–H and O–H groups in total. The predicted molar refractivity (Wildman–Crippen MR) is 73.0 cm³/mol. The van der Waals surface area contributed by atoms with Crippen LogP contribution in [0.15, 0.2) is 21.7 Å². The van der Waals surface area contributed by atoms with Crippen LogP contribution in [0.4, 0.5) is 23.2 Å². The second-order valence-corrected chi connectivity index (χ2v) is 5.02. The highest BCUT2D eigenvalue weighted by atomic mass is 79.9. The van der Waals surface area contributed by atoms with Crippen LogP contribution in [0.2, 0.25) is 0 Å². The van der Waals surface area contributed by atoms with Gasteiger partial charge in [0.05, 0.1) is 22.5 Å². The van der Waals surface area contributed by atoms with Gasteiger partial charge in [-0.15, -0.1) is 0 Å². The summed E-state index contributed by atoms with van der Waals surface area (Å²) in [6.07, 6.45) is -5.17. The molecule has 0 aliphatic heterocycles. The fourth-order valence-electron chi connectivity index (χ4n) is 1.19. The van der Waals surface area contributed by atoms with E-state index in [4.69, 9.17) is 4.74 Å². The highest BCUT2D eigenvalue weighted by Gasteiger charge is 2.36. The largest absolute Gasteiger partial charge is 0.490 e.